The smallest absolute Gasteiger partial charge is 0.335 e. The Balaban J connectivity index is 1.92. The predicted octanol–water partition coefficient (Wildman–Crippen LogP) is 2.44. The van der Waals surface area contributed by atoms with Crippen LogP contribution in [0.4, 0.5) is 5.69 Å². The van der Waals surface area contributed by atoms with Gasteiger partial charge in [0.1, 0.15) is 0 Å². The van der Waals surface area contributed by atoms with E-state index in [2.05, 4.69) is 10.3 Å². The van der Waals surface area contributed by atoms with E-state index < -0.39 is 5.97 Å². The van der Waals surface area contributed by atoms with Gasteiger partial charge in [-0.1, -0.05) is 12.1 Å². The zero-order valence-electron chi connectivity index (χ0n) is 11.2. The number of carboxylic acids is 1. The number of nitrogens with one attached hydrogen (secondary N) is 1. The van der Waals surface area contributed by atoms with E-state index in [1.165, 1.54) is 0 Å². The largest absolute Gasteiger partial charge is 0.481 e. The fourth-order valence-electron chi connectivity index (χ4n) is 1.84. The molecule has 0 unspecified atom stereocenters. The maximum absolute atomic E-state index is 10.9. The zero-order valence-corrected chi connectivity index (χ0v) is 11.2. The predicted molar refractivity (Wildman–Crippen MR) is 76.4 cm³/mol. The van der Waals surface area contributed by atoms with Gasteiger partial charge in [-0.3, -0.25) is 0 Å². The summed E-state index contributed by atoms with van der Waals surface area (Å²) >= 11 is 0. The minimum absolute atomic E-state index is 0.313. The van der Waals surface area contributed by atoms with Gasteiger partial charge in [0.2, 0.25) is 5.88 Å². The second-order valence-electron chi connectivity index (χ2n) is 4.27. The third-order valence-corrected chi connectivity index (χ3v) is 2.86. The molecule has 2 N–H and O–H groups in total. The summed E-state index contributed by atoms with van der Waals surface area (Å²) in [6.07, 6.45) is 2.41. The van der Waals surface area contributed by atoms with Crippen LogP contribution in [0.3, 0.4) is 0 Å². The average Bonchev–Trinajstić information content (AvgIpc) is 2.48. The van der Waals surface area contributed by atoms with Crippen molar-refractivity contribution < 1.29 is 14.6 Å². The van der Waals surface area contributed by atoms with Gasteiger partial charge in [0.05, 0.1) is 12.7 Å². The molecule has 1 aromatic carbocycles. The highest BCUT2D eigenvalue weighted by atomic mass is 16.5. The number of benzene rings is 1. The van der Waals surface area contributed by atoms with Crippen LogP contribution in [0.15, 0.2) is 42.6 Å². The standard InChI is InChI=1S/C15H16N2O3/c1-20-14-10-13(6-8-17-14)16-7-5-11-3-2-4-12(9-11)15(18)19/h2-4,6,8-10H,5,7H2,1H3,(H,16,17)(H,18,19). The Labute approximate surface area is 117 Å². The molecule has 2 aromatic rings. The van der Waals surface area contributed by atoms with Crippen molar-refractivity contribution >= 4 is 11.7 Å². The summed E-state index contributed by atoms with van der Waals surface area (Å²) in [5.41, 5.74) is 2.22. The molecule has 0 saturated heterocycles. The number of ether oxygens (including phenoxy) is 1. The molecular weight excluding hydrogens is 256 g/mol. The van der Waals surface area contributed by atoms with Crippen LogP contribution in [-0.2, 0) is 6.42 Å². The maximum atomic E-state index is 10.9. The molecule has 0 atom stereocenters. The Morgan fingerprint density at radius 3 is 2.95 bits per heavy atom. The van der Waals surface area contributed by atoms with Crippen molar-refractivity contribution in [1.29, 1.82) is 0 Å². The van der Waals surface area contributed by atoms with Crippen molar-refractivity contribution in [2.45, 2.75) is 6.42 Å². The molecule has 0 aliphatic rings. The molecule has 0 amide bonds. The van der Waals surface area contributed by atoms with Gasteiger partial charge in [-0.2, -0.15) is 0 Å². The van der Waals surface area contributed by atoms with Crippen LogP contribution in [0.2, 0.25) is 0 Å². The molecule has 0 fully saturated rings. The molecule has 0 spiro atoms. The molecule has 0 aliphatic carbocycles. The molecule has 0 saturated carbocycles. The molecule has 5 nitrogen and oxygen atoms in total. The fourth-order valence-corrected chi connectivity index (χ4v) is 1.84. The first-order valence-corrected chi connectivity index (χ1v) is 6.25. The Bertz CT molecular complexity index is 599. The van der Waals surface area contributed by atoms with Gasteiger partial charge in [-0.05, 0) is 30.2 Å². The maximum Gasteiger partial charge on any atom is 0.335 e. The summed E-state index contributed by atoms with van der Waals surface area (Å²) in [6, 6.07) is 10.6. The molecule has 1 aromatic heterocycles. The lowest BCUT2D eigenvalue weighted by molar-refractivity contribution is 0.0697. The fraction of sp³-hybridized carbons (Fsp3) is 0.200. The topological polar surface area (TPSA) is 71.5 Å². The minimum atomic E-state index is -0.904. The van der Waals surface area contributed by atoms with E-state index in [9.17, 15) is 4.79 Å². The quantitative estimate of drug-likeness (QED) is 0.845. The van der Waals surface area contributed by atoms with Gasteiger partial charge in [0.25, 0.3) is 0 Å². The summed E-state index contributed by atoms with van der Waals surface area (Å²) in [7, 11) is 1.57. The first-order valence-electron chi connectivity index (χ1n) is 6.25. The summed E-state index contributed by atoms with van der Waals surface area (Å²) in [5.74, 6) is -0.346. The van der Waals surface area contributed by atoms with Crippen LogP contribution in [0.1, 0.15) is 15.9 Å². The molecule has 20 heavy (non-hydrogen) atoms. The average molecular weight is 272 g/mol. The van der Waals surface area contributed by atoms with Crippen molar-refractivity contribution in [3.05, 3.63) is 53.7 Å². The summed E-state index contributed by atoms with van der Waals surface area (Å²) in [6.45, 7) is 0.705. The second-order valence-corrected chi connectivity index (χ2v) is 4.27. The van der Waals surface area contributed by atoms with E-state index in [1.807, 2.05) is 18.2 Å². The van der Waals surface area contributed by atoms with Crippen LogP contribution in [0.5, 0.6) is 5.88 Å². The van der Waals surface area contributed by atoms with Gasteiger partial charge in [0, 0.05) is 24.5 Å². The first-order chi connectivity index (χ1) is 9.69. The number of methoxy groups -OCH3 is 1. The zero-order chi connectivity index (χ0) is 14.4. The van der Waals surface area contributed by atoms with Gasteiger partial charge in [-0.15, -0.1) is 0 Å². The van der Waals surface area contributed by atoms with Crippen LogP contribution in [0.25, 0.3) is 0 Å². The number of anilines is 1. The lowest BCUT2D eigenvalue weighted by Gasteiger charge is -2.08. The molecule has 0 radical (unpaired) electrons. The third-order valence-electron chi connectivity index (χ3n) is 2.86. The third kappa shape index (κ3) is 3.71. The van der Waals surface area contributed by atoms with Crippen LogP contribution >= 0.6 is 0 Å². The molecule has 104 valence electrons. The number of rotatable bonds is 6. The number of nitrogens with zero attached hydrogens (tertiary/aromatic N) is 1. The van der Waals surface area contributed by atoms with Gasteiger partial charge < -0.3 is 15.2 Å². The number of hydrogen-bond donors (Lipinski definition) is 2. The number of carboxylic acid groups (broad SMARTS) is 1. The van der Waals surface area contributed by atoms with E-state index in [0.29, 0.717) is 18.0 Å². The van der Waals surface area contributed by atoms with Crippen molar-refractivity contribution in [3.8, 4) is 5.88 Å². The normalized spacial score (nSPS) is 10.1. The molecule has 1 heterocycles. The first kappa shape index (κ1) is 13.9. The van der Waals surface area contributed by atoms with Crippen molar-refractivity contribution in [2.24, 2.45) is 0 Å². The number of aromatic carboxylic acids is 1. The highest BCUT2D eigenvalue weighted by Gasteiger charge is 2.03. The van der Waals surface area contributed by atoms with Crippen LogP contribution < -0.4 is 10.1 Å². The summed E-state index contributed by atoms with van der Waals surface area (Å²) in [5, 5.41) is 12.2. The Morgan fingerprint density at radius 1 is 1.35 bits per heavy atom. The number of hydrogen-bond acceptors (Lipinski definition) is 4. The lowest BCUT2D eigenvalue weighted by Crippen LogP contribution is -2.06. The van der Waals surface area contributed by atoms with Gasteiger partial charge >= 0.3 is 5.97 Å². The Hall–Kier alpha value is -2.56. The molecular formula is C15H16N2O3. The van der Waals surface area contributed by atoms with Crippen molar-refractivity contribution in [2.75, 3.05) is 19.0 Å². The van der Waals surface area contributed by atoms with Crippen LogP contribution in [-0.4, -0.2) is 29.7 Å². The van der Waals surface area contributed by atoms with Gasteiger partial charge in [0.15, 0.2) is 0 Å². The van der Waals surface area contributed by atoms with Crippen molar-refractivity contribution in [1.82, 2.24) is 4.98 Å². The van der Waals surface area contributed by atoms with E-state index in [1.54, 1.807) is 31.5 Å². The number of carbonyl (C=O) groups is 1. The Kier molecular flexibility index (Phi) is 4.55. The SMILES string of the molecule is COc1cc(NCCc2cccc(C(=O)O)c2)ccn1. The minimum Gasteiger partial charge on any atom is -0.481 e. The summed E-state index contributed by atoms with van der Waals surface area (Å²) < 4.78 is 5.05. The van der Waals surface area contributed by atoms with Crippen LogP contribution in [0, 0.1) is 0 Å². The Morgan fingerprint density at radius 2 is 2.20 bits per heavy atom. The highest BCUT2D eigenvalue weighted by Crippen LogP contribution is 2.13. The van der Waals surface area contributed by atoms with E-state index in [4.69, 9.17) is 9.84 Å². The summed E-state index contributed by atoms with van der Waals surface area (Å²) in [4.78, 5) is 14.9. The lowest BCUT2D eigenvalue weighted by atomic mass is 10.1. The van der Waals surface area contributed by atoms with Gasteiger partial charge in [-0.25, -0.2) is 9.78 Å². The molecule has 0 bridgehead atoms. The second kappa shape index (κ2) is 6.56. The number of pyridine rings is 1. The van der Waals surface area contributed by atoms with E-state index in [-0.39, 0.29) is 0 Å². The van der Waals surface area contributed by atoms with E-state index in [0.717, 1.165) is 17.7 Å². The molecule has 0 aliphatic heterocycles. The van der Waals surface area contributed by atoms with E-state index >= 15 is 0 Å². The highest BCUT2D eigenvalue weighted by molar-refractivity contribution is 5.87. The monoisotopic (exact) mass is 272 g/mol. The number of aromatic nitrogens is 1. The molecule has 2 rings (SSSR count). The molecule has 5 heteroatoms. The van der Waals surface area contributed by atoms with Crippen molar-refractivity contribution in [3.63, 3.8) is 0 Å².